The topological polar surface area (TPSA) is 38.3 Å². The first-order valence-corrected chi connectivity index (χ1v) is 7.02. The second-order valence-corrected chi connectivity index (χ2v) is 5.91. The quantitative estimate of drug-likeness (QED) is 0.847. The minimum Gasteiger partial charge on any atom is -0.467 e. The van der Waals surface area contributed by atoms with E-state index in [2.05, 4.69) is 5.32 Å². The van der Waals surface area contributed by atoms with E-state index in [1.165, 1.54) is 20.0 Å². The van der Waals surface area contributed by atoms with Crippen LogP contribution in [-0.4, -0.2) is 19.6 Å². The molecule has 0 saturated heterocycles. The number of hydrogen-bond donors (Lipinski definition) is 1. The van der Waals surface area contributed by atoms with Gasteiger partial charge in [0.2, 0.25) is 0 Å². The first kappa shape index (κ1) is 14.6. The molecule has 0 aromatic heterocycles. The number of nitrogens with one attached hydrogen (secondary N) is 1. The average molecular weight is 302 g/mol. The van der Waals surface area contributed by atoms with Crippen LogP contribution in [0.1, 0.15) is 25.3 Å². The standard InChI is InChI=1S/C14H17Cl2NO2/c1-14(13(18)19-2,17-8-9-3-4-9)11-7-10(15)5-6-12(11)16/h5-7,9,17H,3-4,8H2,1-2H3. The fourth-order valence-corrected chi connectivity index (χ4v) is 2.51. The Bertz CT molecular complexity index is 488. The number of halogens is 2. The van der Waals surface area contributed by atoms with E-state index < -0.39 is 5.54 Å². The van der Waals surface area contributed by atoms with Crippen LogP contribution in [0.2, 0.25) is 10.0 Å². The van der Waals surface area contributed by atoms with Crippen molar-refractivity contribution in [1.29, 1.82) is 0 Å². The van der Waals surface area contributed by atoms with Crippen LogP contribution in [0.15, 0.2) is 18.2 Å². The molecule has 0 amide bonds. The average Bonchev–Trinajstić information content (AvgIpc) is 3.22. The summed E-state index contributed by atoms with van der Waals surface area (Å²) >= 11 is 12.2. The molecule has 1 unspecified atom stereocenters. The van der Waals surface area contributed by atoms with Gasteiger partial charge in [0, 0.05) is 15.6 Å². The maximum atomic E-state index is 12.1. The molecule has 19 heavy (non-hydrogen) atoms. The zero-order valence-electron chi connectivity index (χ0n) is 11.0. The van der Waals surface area contributed by atoms with Gasteiger partial charge in [-0.2, -0.15) is 0 Å². The van der Waals surface area contributed by atoms with Gasteiger partial charge in [0.15, 0.2) is 0 Å². The number of carbonyl (C=O) groups excluding carboxylic acids is 1. The zero-order chi connectivity index (χ0) is 14.0. The number of rotatable bonds is 5. The Balaban J connectivity index is 2.33. The number of carbonyl (C=O) groups is 1. The van der Waals surface area contributed by atoms with Gasteiger partial charge in [-0.3, -0.25) is 5.32 Å². The zero-order valence-corrected chi connectivity index (χ0v) is 12.5. The fraction of sp³-hybridized carbons (Fsp3) is 0.500. The summed E-state index contributed by atoms with van der Waals surface area (Å²) in [5.41, 5.74) is -0.326. The van der Waals surface area contributed by atoms with E-state index in [-0.39, 0.29) is 5.97 Å². The van der Waals surface area contributed by atoms with Gasteiger partial charge < -0.3 is 4.74 Å². The molecule has 1 aliphatic carbocycles. The predicted octanol–water partition coefficient (Wildman–Crippen LogP) is 3.38. The van der Waals surface area contributed by atoms with E-state index in [1.54, 1.807) is 25.1 Å². The van der Waals surface area contributed by atoms with Crippen molar-refractivity contribution in [2.75, 3.05) is 13.7 Å². The predicted molar refractivity (Wildman–Crippen MR) is 76.6 cm³/mol. The van der Waals surface area contributed by atoms with Gasteiger partial charge >= 0.3 is 5.97 Å². The monoisotopic (exact) mass is 301 g/mol. The summed E-state index contributed by atoms with van der Waals surface area (Å²) in [6.45, 7) is 2.55. The van der Waals surface area contributed by atoms with Crippen LogP contribution >= 0.6 is 23.2 Å². The van der Waals surface area contributed by atoms with E-state index in [0.717, 1.165) is 6.54 Å². The SMILES string of the molecule is COC(=O)C(C)(NCC1CC1)c1cc(Cl)ccc1Cl. The van der Waals surface area contributed by atoms with E-state index in [0.29, 0.717) is 21.5 Å². The van der Waals surface area contributed by atoms with Crippen molar-refractivity contribution >= 4 is 29.2 Å². The summed E-state index contributed by atoms with van der Waals surface area (Å²) in [5, 5.41) is 4.32. The van der Waals surface area contributed by atoms with Gasteiger partial charge in [-0.05, 0) is 50.4 Å². The third-order valence-electron chi connectivity index (χ3n) is 3.50. The van der Waals surface area contributed by atoms with Crippen molar-refractivity contribution < 1.29 is 9.53 Å². The highest BCUT2D eigenvalue weighted by Crippen LogP contribution is 2.34. The fourth-order valence-electron chi connectivity index (χ4n) is 2.03. The van der Waals surface area contributed by atoms with Crippen LogP contribution in [0, 0.1) is 5.92 Å². The number of esters is 1. The normalized spacial score (nSPS) is 17.9. The number of methoxy groups -OCH3 is 1. The van der Waals surface area contributed by atoms with Crippen molar-refractivity contribution in [2.45, 2.75) is 25.3 Å². The van der Waals surface area contributed by atoms with Crippen molar-refractivity contribution in [3.05, 3.63) is 33.8 Å². The number of benzene rings is 1. The molecular weight excluding hydrogens is 285 g/mol. The Hall–Kier alpha value is -0.770. The van der Waals surface area contributed by atoms with Gasteiger partial charge in [-0.25, -0.2) is 4.79 Å². The Morgan fingerprint density at radius 1 is 1.47 bits per heavy atom. The lowest BCUT2D eigenvalue weighted by Gasteiger charge is -2.29. The molecule has 0 spiro atoms. The van der Waals surface area contributed by atoms with Crippen LogP contribution in [0.25, 0.3) is 0 Å². The minimum absolute atomic E-state index is 0.364. The maximum Gasteiger partial charge on any atom is 0.330 e. The number of ether oxygens (including phenoxy) is 1. The molecule has 1 aliphatic rings. The summed E-state index contributed by atoms with van der Waals surface area (Å²) < 4.78 is 4.91. The second kappa shape index (κ2) is 5.70. The van der Waals surface area contributed by atoms with Gasteiger partial charge in [-0.15, -0.1) is 0 Å². The summed E-state index contributed by atoms with van der Waals surface area (Å²) in [6.07, 6.45) is 2.40. The van der Waals surface area contributed by atoms with E-state index in [1.807, 2.05) is 0 Å². The molecule has 1 saturated carbocycles. The third-order valence-corrected chi connectivity index (χ3v) is 4.07. The molecule has 1 aromatic rings. The largest absolute Gasteiger partial charge is 0.467 e. The highest BCUT2D eigenvalue weighted by atomic mass is 35.5. The maximum absolute atomic E-state index is 12.1. The summed E-state index contributed by atoms with van der Waals surface area (Å²) in [4.78, 5) is 12.1. The highest BCUT2D eigenvalue weighted by Gasteiger charge is 2.39. The second-order valence-electron chi connectivity index (χ2n) is 5.07. The van der Waals surface area contributed by atoms with Crippen molar-refractivity contribution in [2.24, 2.45) is 5.92 Å². The summed E-state index contributed by atoms with van der Waals surface area (Å²) in [5.74, 6) is 0.277. The van der Waals surface area contributed by atoms with Crippen LogP contribution in [-0.2, 0) is 15.1 Å². The highest BCUT2D eigenvalue weighted by molar-refractivity contribution is 6.33. The molecular formula is C14H17Cl2NO2. The van der Waals surface area contributed by atoms with Crippen LogP contribution in [0.4, 0.5) is 0 Å². The molecule has 1 fully saturated rings. The first-order chi connectivity index (χ1) is 8.97. The number of hydrogen-bond acceptors (Lipinski definition) is 3. The molecule has 0 radical (unpaired) electrons. The lowest BCUT2D eigenvalue weighted by Crippen LogP contribution is -2.48. The summed E-state index contributed by atoms with van der Waals surface area (Å²) in [7, 11) is 1.37. The van der Waals surface area contributed by atoms with E-state index in [4.69, 9.17) is 27.9 Å². The molecule has 104 valence electrons. The third kappa shape index (κ3) is 3.22. The molecule has 0 aliphatic heterocycles. The molecule has 0 heterocycles. The molecule has 1 aromatic carbocycles. The van der Waals surface area contributed by atoms with Crippen molar-refractivity contribution in [3.8, 4) is 0 Å². The molecule has 2 rings (SSSR count). The molecule has 0 bridgehead atoms. The van der Waals surface area contributed by atoms with Gasteiger partial charge in [-0.1, -0.05) is 23.2 Å². The van der Waals surface area contributed by atoms with E-state index >= 15 is 0 Å². The van der Waals surface area contributed by atoms with Crippen LogP contribution in [0.3, 0.4) is 0 Å². The van der Waals surface area contributed by atoms with Crippen LogP contribution in [0.5, 0.6) is 0 Å². The van der Waals surface area contributed by atoms with Gasteiger partial charge in [0.25, 0.3) is 0 Å². The smallest absolute Gasteiger partial charge is 0.330 e. The molecule has 5 heteroatoms. The van der Waals surface area contributed by atoms with Crippen molar-refractivity contribution in [1.82, 2.24) is 5.32 Å². The molecule has 3 nitrogen and oxygen atoms in total. The summed E-state index contributed by atoms with van der Waals surface area (Å²) in [6, 6.07) is 5.10. The van der Waals surface area contributed by atoms with Gasteiger partial charge in [0.1, 0.15) is 5.54 Å². The van der Waals surface area contributed by atoms with Crippen LogP contribution < -0.4 is 5.32 Å². The lowest BCUT2D eigenvalue weighted by molar-refractivity contribution is -0.148. The molecule has 1 N–H and O–H groups in total. The van der Waals surface area contributed by atoms with E-state index in [9.17, 15) is 4.79 Å². The Kier molecular flexibility index (Phi) is 4.39. The molecule has 1 atom stereocenters. The Morgan fingerprint density at radius 3 is 2.74 bits per heavy atom. The van der Waals surface area contributed by atoms with Crippen molar-refractivity contribution in [3.63, 3.8) is 0 Å². The Labute approximate surface area is 123 Å². The minimum atomic E-state index is -0.973. The lowest BCUT2D eigenvalue weighted by atomic mass is 9.91. The van der Waals surface area contributed by atoms with Gasteiger partial charge in [0.05, 0.1) is 7.11 Å². The Morgan fingerprint density at radius 2 is 2.16 bits per heavy atom. The first-order valence-electron chi connectivity index (χ1n) is 6.26.